The van der Waals surface area contributed by atoms with Crippen molar-refractivity contribution in [3.63, 3.8) is 0 Å². The maximum Gasteiger partial charge on any atom is 0.306 e. The van der Waals surface area contributed by atoms with E-state index in [0.717, 1.165) is 16.9 Å². The molecule has 0 spiro atoms. The molecule has 0 bridgehead atoms. The maximum atomic E-state index is 11.4. The third-order valence-corrected chi connectivity index (χ3v) is 5.79. The predicted octanol–water partition coefficient (Wildman–Crippen LogP) is 4.90. The van der Waals surface area contributed by atoms with E-state index in [1.807, 2.05) is 30.3 Å². The Balaban J connectivity index is 2.07. The van der Waals surface area contributed by atoms with Crippen LogP contribution >= 0.6 is 23.2 Å². The Kier molecular flexibility index (Phi) is 6.70. The van der Waals surface area contributed by atoms with E-state index in [4.69, 9.17) is 32.7 Å². The summed E-state index contributed by atoms with van der Waals surface area (Å²) in [6, 6.07) is 10.9. The van der Waals surface area contributed by atoms with Crippen molar-refractivity contribution in [2.75, 3.05) is 27.3 Å². The Hall–Kier alpha value is -1.95. The minimum atomic E-state index is -0.736. The quantitative estimate of drug-likeness (QED) is 0.715. The number of ether oxygens (including phenoxy) is 2. The minimum Gasteiger partial charge on any atom is -0.497 e. The molecule has 1 aliphatic heterocycles. The molecule has 0 radical (unpaired) electrons. The molecular weight excluding hydrogens is 401 g/mol. The van der Waals surface area contributed by atoms with E-state index in [1.54, 1.807) is 20.3 Å². The lowest BCUT2D eigenvalue weighted by atomic mass is 9.90. The number of aliphatic carboxylic acids is 1. The monoisotopic (exact) mass is 423 g/mol. The van der Waals surface area contributed by atoms with Crippen molar-refractivity contribution in [3.8, 4) is 11.5 Å². The first-order chi connectivity index (χ1) is 13.4. The Bertz CT molecular complexity index is 850. The molecule has 1 atom stereocenters. The lowest BCUT2D eigenvalue weighted by molar-refractivity contribution is -0.143. The van der Waals surface area contributed by atoms with Crippen molar-refractivity contribution in [2.24, 2.45) is 5.92 Å². The third kappa shape index (κ3) is 4.37. The number of piperidine rings is 1. The number of rotatable bonds is 6. The zero-order valence-electron chi connectivity index (χ0n) is 15.8. The average molecular weight is 424 g/mol. The lowest BCUT2D eigenvalue weighted by Gasteiger charge is -2.38. The van der Waals surface area contributed by atoms with E-state index in [-0.39, 0.29) is 12.0 Å². The summed E-state index contributed by atoms with van der Waals surface area (Å²) >= 11 is 12.7. The molecule has 1 heterocycles. The summed E-state index contributed by atoms with van der Waals surface area (Å²) in [6.07, 6.45) is 1.17. The van der Waals surface area contributed by atoms with E-state index in [0.29, 0.717) is 41.7 Å². The van der Waals surface area contributed by atoms with Gasteiger partial charge in [0.25, 0.3) is 0 Å². The van der Waals surface area contributed by atoms with Gasteiger partial charge in [0, 0.05) is 15.6 Å². The number of carbonyl (C=O) groups is 1. The van der Waals surface area contributed by atoms with Crippen molar-refractivity contribution in [3.05, 3.63) is 57.6 Å². The van der Waals surface area contributed by atoms with E-state index >= 15 is 0 Å². The largest absolute Gasteiger partial charge is 0.497 e. The van der Waals surface area contributed by atoms with Crippen LogP contribution in [-0.2, 0) is 4.79 Å². The number of halogens is 2. The number of carboxylic acids is 1. The Morgan fingerprint density at radius 1 is 1.07 bits per heavy atom. The molecule has 0 aromatic heterocycles. The van der Waals surface area contributed by atoms with E-state index in [9.17, 15) is 9.90 Å². The topological polar surface area (TPSA) is 59.0 Å². The molecule has 150 valence electrons. The Morgan fingerprint density at radius 2 is 1.79 bits per heavy atom. The fourth-order valence-corrected chi connectivity index (χ4v) is 4.25. The van der Waals surface area contributed by atoms with E-state index in [2.05, 4.69) is 4.90 Å². The van der Waals surface area contributed by atoms with Crippen LogP contribution in [0.25, 0.3) is 0 Å². The molecule has 28 heavy (non-hydrogen) atoms. The van der Waals surface area contributed by atoms with Crippen molar-refractivity contribution in [1.29, 1.82) is 0 Å². The second kappa shape index (κ2) is 9.03. The number of hydrogen-bond acceptors (Lipinski definition) is 4. The summed E-state index contributed by atoms with van der Waals surface area (Å²) in [5.41, 5.74) is 1.81. The normalized spacial score (nSPS) is 16.6. The van der Waals surface area contributed by atoms with Crippen LogP contribution in [0.2, 0.25) is 10.0 Å². The van der Waals surface area contributed by atoms with Gasteiger partial charge in [0.1, 0.15) is 11.5 Å². The molecule has 5 nitrogen and oxygen atoms in total. The van der Waals surface area contributed by atoms with Gasteiger partial charge in [-0.2, -0.15) is 0 Å². The number of likely N-dealkylation sites (tertiary alicyclic amines) is 1. The van der Waals surface area contributed by atoms with Gasteiger partial charge in [-0.3, -0.25) is 9.69 Å². The summed E-state index contributed by atoms with van der Waals surface area (Å²) in [7, 11) is 3.25. The summed E-state index contributed by atoms with van der Waals surface area (Å²) in [4.78, 5) is 13.6. The summed E-state index contributed by atoms with van der Waals surface area (Å²) in [6.45, 7) is 1.28. The number of hydrogen-bond donors (Lipinski definition) is 1. The number of carboxylic acid groups (broad SMARTS) is 1. The number of benzene rings is 2. The summed E-state index contributed by atoms with van der Waals surface area (Å²) < 4.78 is 11.0. The maximum absolute atomic E-state index is 11.4. The summed E-state index contributed by atoms with van der Waals surface area (Å²) in [5.74, 6) is 0.382. The predicted molar refractivity (Wildman–Crippen MR) is 110 cm³/mol. The molecule has 2 aromatic rings. The average Bonchev–Trinajstić information content (AvgIpc) is 2.70. The third-order valence-electron chi connectivity index (χ3n) is 5.23. The first-order valence-corrected chi connectivity index (χ1v) is 9.84. The molecule has 0 aliphatic carbocycles. The van der Waals surface area contributed by atoms with Gasteiger partial charge in [-0.15, -0.1) is 0 Å². The fourth-order valence-electron chi connectivity index (χ4n) is 3.74. The summed E-state index contributed by atoms with van der Waals surface area (Å²) in [5, 5.41) is 10.5. The van der Waals surface area contributed by atoms with Gasteiger partial charge in [0.15, 0.2) is 0 Å². The minimum absolute atomic E-state index is 0.204. The molecule has 0 amide bonds. The van der Waals surface area contributed by atoms with Crippen LogP contribution in [-0.4, -0.2) is 43.3 Å². The SMILES string of the molecule is COc1ccc(OC)c(C(c2ccc(Cl)cc2Cl)N2CCC(C(=O)O)CC2)c1. The van der Waals surface area contributed by atoms with E-state index < -0.39 is 5.97 Å². The Morgan fingerprint density at radius 3 is 2.36 bits per heavy atom. The number of methoxy groups -OCH3 is 2. The van der Waals surface area contributed by atoms with Crippen molar-refractivity contribution < 1.29 is 19.4 Å². The molecule has 1 aliphatic rings. The molecule has 2 aromatic carbocycles. The highest BCUT2D eigenvalue weighted by molar-refractivity contribution is 6.35. The van der Waals surface area contributed by atoms with Gasteiger partial charge in [-0.1, -0.05) is 29.3 Å². The van der Waals surface area contributed by atoms with Crippen molar-refractivity contribution >= 4 is 29.2 Å². The lowest BCUT2D eigenvalue weighted by Crippen LogP contribution is -2.39. The second-order valence-corrected chi connectivity index (χ2v) is 7.67. The highest BCUT2D eigenvalue weighted by Gasteiger charge is 2.32. The zero-order chi connectivity index (χ0) is 20.3. The van der Waals surface area contributed by atoms with Crippen molar-refractivity contribution in [1.82, 2.24) is 4.90 Å². The fraction of sp³-hybridized carbons (Fsp3) is 0.381. The van der Waals surface area contributed by atoms with Gasteiger partial charge in [0.2, 0.25) is 0 Å². The Labute approximate surface area is 174 Å². The van der Waals surface area contributed by atoms with Crippen LogP contribution in [0, 0.1) is 5.92 Å². The van der Waals surface area contributed by atoms with Gasteiger partial charge < -0.3 is 14.6 Å². The van der Waals surface area contributed by atoms with Gasteiger partial charge in [-0.25, -0.2) is 0 Å². The molecule has 1 unspecified atom stereocenters. The second-order valence-electron chi connectivity index (χ2n) is 6.82. The van der Waals surface area contributed by atoms with Crippen LogP contribution in [0.4, 0.5) is 0 Å². The molecule has 0 saturated carbocycles. The first kappa shape index (κ1) is 20.8. The standard InChI is InChI=1S/C21H23Cl2NO4/c1-27-15-4-6-19(28-2)17(12-15)20(16-5-3-14(22)11-18(16)23)24-9-7-13(8-10-24)21(25)26/h3-6,11-13,20H,7-10H2,1-2H3,(H,25,26). The molecule has 1 fully saturated rings. The van der Waals surface area contributed by atoms with Crippen LogP contribution in [0.5, 0.6) is 11.5 Å². The van der Waals surface area contributed by atoms with Crippen molar-refractivity contribution in [2.45, 2.75) is 18.9 Å². The van der Waals surface area contributed by atoms with Gasteiger partial charge in [0.05, 0.1) is 26.2 Å². The smallest absolute Gasteiger partial charge is 0.306 e. The van der Waals surface area contributed by atoms with Crippen LogP contribution < -0.4 is 9.47 Å². The highest BCUT2D eigenvalue weighted by Crippen LogP contribution is 2.41. The molecule has 1 saturated heterocycles. The van der Waals surface area contributed by atoms with Gasteiger partial charge in [-0.05, 0) is 61.8 Å². The van der Waals surface area contributed by atoms with E-state index in [1.165, 1.54) is 0 Å². The zero-order valence-corrected chi connectivity index (χ0v) is 17.3. The van der Waals surface area contributed by atoms with Crippen LogP contribution in [0.1, 0.15) is 30.0 Å². The number of nitrogens with zero attached hydrogens (tertiary/aromatic N) is 1. The molecule has 1 N–H and O–H groups in total. The first-order valence-electron chi connectivity index (χ1n) is 9.08. The van der Waals surface area contributed by atoms with Gasteiger partial charge >= 0.3 is 5.97 Å². The molecular formula is C21H23Cl2NO4. The molecule has 7 heteroatoms. The van der Waals surface area contributed by atoms with Crippen LogP contribution in [0.3, 0.4) is 0 Å². The molecule has 3 rings (SSSR count). The highest BCUT2D eigenvalue weighted by atomic mass is 35.5. The van der Waals surface area contributed by atoms with Crippen LogP contribution in [0.15, 0.2) is 36.4 Å².